The third-order valence-corrected chi connectivity index (χ3v) is 7.05. The van der Waals surface area contributed by atoms with Crippen molar-refractivity contribution in [3.8, 4) is 11.5 Å². The molecular formula is C25H33N3O6S. The van der Waals surface area contributed by atoms with E-state index in [1.807, 2.05) is 51.1 Å². The van der Waals surface area contributed by atoms with E-state index in [4.69, 9.17) is 9.47 Å². The Morgan fingerprint density at radius 1 is 1.03 bits per heavy atom. The molecule has 2 aromatic rings. The lowest BCUT2D eigenvalue weighted by atomic mass is 10.1. The van der Waals surface area contributed by atoms with E-state index >= 15 is 0 Å². The standard InChI is InChI=1S/C25H33N3O6S/c1-5-18(3)26-25(30)21(6-2)27(15-19-10-8-7-9-11-19)24(29)16-28(35(4,31)32)20-12-13-22-23(14-20)34-17-33-22/h7-14,18,21H,5-6,15-17H2,1-4H3,(H,26,30)/t18-,21+/m0/s1. The van der Waals surface area contributed by atoms with E-state index in [1.165, 1.54) is 11.0 Å². The molecule has 190 valence electrons. The summed E-state index contributed by atoms with van der Waals surface area (Å²) in [6.07, 6.45) is 2.17. The molecule has 0 saturated heterocycles. The van der Waals surface area contributed by atoms with E-state index in [9.17, 15) is 18.0 Å². The maximum absolute atomic E-state index is 13.7. The largest absolute Gasteiger partial charge is 0.454 e. The van der Waals surface area contributed by atoms with Crippen molar-refractivity contribution in [1.82, 2.24) is 10.2 Å². The Morgan fingerprint density at radius 2 is 1.71 bits per heavy atom. The van der Waals surface area contributed by atoms with Crippen LogP contribution in [0.25, 0.3) is 0 Å². The molecule has 35 heavy (non-hydrogen) atoms. The van der Waals surface area contributed by atoms with Gasteiger partial charge in [0.2, 0.25) is 28.6 Å². The molecule has 0 aromatic heterocycles. The molecule has 1 heterocycles. The summed E-state index contributed by atoms with van der Waals surface area (Å²) in [5, 5.41) is 2.95. The Morgan fingerprint density at radius 3 is 2.34 bits per heavy atom. The van der Waals surface area contributed by atoms with Crippen LogP contribution in [0.1, 0.15) is 39.2 Å². The fourth-order valence-corrected chi connectivity index (χ4v) is 4.64. The molecular weight excluding hydrogens is 470 g/mol. The average Bonchev–Trinajstić information content (AvgIpc) is 3.30. The number of hydrogen-bond acceptors (Lipinski definition) is 6. The molecule has 2 atom stereocenters. The second-order valence-corrected chi connectivity index (χ2v) is 10.5. The molecule has 0 bridgehead atoms. The summed E-state index contributed by atoms with van der Waals surface area (Å²) < 4.78 is 37.1. The van der Waals surface area contributed by atoms with Gasteiger partial charge >= 0.3 is 0 Å². The number of nitrogens with zero attached hydrogens (tertiary/aromatic N) is 2. The Bertz CT molecular complexity index is 1140. The van der Waals surface area contributed by atoms with Gasteiger partial charge in [-0.2, -0.15) is 0 Å². The van der Waals surface area contributed by atoms with Gasteiger partial charge in [-0.3, -0.25) is 13.9 Å². The minimum absolute atomic E-state index is 0.0465. The Kier molecular flexibility index (Phi) is 8.61. The summed E-state index contributed by atoms with van der Waals surface area (Å²) in [7, 11) is -3.82. The minimum atomic E-state index is -3.82. The third-order valence-electron chi connectivity index (χ3n) is 5.91. The predicted molar refractivity (Wildman–Crippen MR) is 134 cm³/mol. The number of rotatable bonds is 11. The molecule has 1 aliphatic heterocycles. The Hall–Kier alpha value is -3.27. The van der Waals surface area contributed by atoms with Gasteiger partial charge in [-0.25, -0.2) is 8.42 Å². The van der Waals surface area contributed by atoms with Crippen LogP contribution in [0.15, 0.2) is 48.5 Å². The first-order valence-electron chi connectivity index (χ1n) is 11.6. The van der Waals surface area contributed by atoms with Gasteiger partial charge in [-0.05, 0) is 37.5 Å². The van der Waals surface area contributed by atoms with Crippen LogP contribution in [0, 0.1) is 0 Å². The summed E-state index contributed by atoms with van der Waals surface area (Å²) in [6.45, 7) is 5.46. The average molecular weight is 504 g/mol. The molecule has 0 radical (unpaired) electrons. The van der Waals surface area contributed by atoms with Crippen molar-refractivity contribution in [3.63, 3.8) is 0 Å². The van der Waals surface area contributed by atoms with Crippen molar-refractivity contribution in [2.45, 2.75) is 52.2 Å². The van der Waals surface area contributed by atoms with Gasteiger partial charge in [0.25, 0.3) is 0 Å². The van der Waals surface area contributed by atoms with Crippen LogP contribution >= 0.6 is 0 Å². The number of carbonyl (C=O) groups is 2. The van der Waals surface area contributed by atoms with Crippen LogP contribution in [0.4, 0.5) is 5.69 Å². The van der Waals surface area contributed by atoms with Crippen molar-refractivity contribution < 1.29 is 27.5 Å². The van der Waals surface area contributed by atoms with Crippen molar-refractivity contribution in [1.29, 1.82) is 0 Å². The van der Waals surface area contributed by atoms with Crippen LogP contribution in [-0.2, 0) is 26.2 Å². The highest BCUT2D eigenvalue weighted by Gasteiger charge is 2.32. The molecule has 9 nitrogen and oxygen atoms in total. The fourth-order valence-electron chi connectivity index (χ4n) is 3.79. The number of nitrogens with one attached hydrogen (secondary N) is 1. The molecule has 0 unspecified atom stereocenters. The zero-order valence-corrected chi connectivity index (χ0v) is 21.4. The molecule has 2 aromatic carbocycles. The van der Waals surface area contributed by atoms with Gasteiger partial charge in [0, 0.05) is 18.7 Å². The first kappa shape index (κ1) is 26.3. The van der Waals surface area contributed by atoms with Gasteiger partial charge in [0.1, 0.15) is 12.6 Å². The molecule has 0 saturated carbocycles. The highest BCUT2D eigenvalue weighted by molar-refractivity contribution is 7.92. The molecule has 0 spiro atoms. The summed E-state index contributed by atoms with van der Waals surface area (Å²) in [6, 6.07) is 13.2. The van der Waals surface area contributed by atoms with Gasteiger partial charge in [-0.15, -0.1) is 0 Å². The monoisotopic (exact) mass is 503 g/mol. The van der Waals surface area contributed by atoms with E-state index in [0.717, 1.165) is 22.5 Å². The number of sulfonamides is 1. The lowest BCUT2D eigenvalue weighted by Gasteiger charge is -2.33. The molecule has 2 amide bonds. The highest BCUT2D eigenvalue weighted by atomic mass is 32.2. The number of amides is 2. The summed E-state index contributed by atoms with van der Waals surface area (Å²) in [4.78, 5) is 28.2. The van der Waals surface area contributed by atoms with Crippen LogP contribution in [0.5, 0.6) is 11.5 Å². The lowest BCUT2D eigenvalue weighted by Crippen LogP contribution is -2.53. The van der Waals surface area contributed by atoms with Crippen molar-refractivity contribution in [2.24, 2.45) is 0 Å². The number of hydrogen-bond donors (Lipinski definition) is 1. The highest BCUT2D eigenvalue weighted by Crippen LogP contribution is 2.36. The second kappa shape index (κ2) is 11.4. The predicted octanol–water partition coefficient (Wildman–Crippen LogP) is 2.90. The smallest absolute Gasteiger partial charge is 0.244 e. The van der Waals surface area contributed by atoms with Crippen LogP contribution < -0.4 is 19.1 Å². The van der Waals surface area contributed by atoms with Crippen LogP contribution in [0.3, 0.4) is 0 Å². The van der Waals surface area contributed by atoms with E-state index < -0.39 is 28.5 Å². The molecule has 1 aliphatic rings. The fraction of sp³-hybridized carbons (Fsp3) is 0.440. The molecule has 3 rings (SSSR count). The summed E-state index contributed by atoms with van der Waals surface area (Å²) in [5.74, 6) is 0.166. The zero-order valence-electron chi connectivity index (χ0n) is 20.6. The number of benzene rings is 2. The number of anilines is 1. The third kappa shape index (κ3) is 6.66. The first-order valence-corrected chi connectivity index (χ1v) is 13.5. The van der Waals surface area contributed by atoms with Gasteiger partial charge in [0.05, 0.1) is 11.9 Å². The minimum Gasteiger partial charge on any atom is -0.454 e. The SMILES string of the molecule is CC[C@H](C(=O)N[C@@H](C)CC)N(Cc1ccccc1)C(=O)CN(c1ccc2c(c1)OCO2)S(C)(=O)=O. The summed E-state index contributed by atoms with van der Waals surface area (Å²) in [5.41, 5.74) is 1.12. The van der Waals surface area contributed by atoms with Gasteiger partial charge < -0.3 is 19.7 Å². The van der Waals surface area contributed by atoms with Crippen LogP contribution in [0.2, 0.25) is 0 Å². The molecule has 1 N–H and O–H groups in total. The normalized spacial score (nSPS) is 14.2. The van der Waals surface area contributed by atoms with E-state index in [-0.39, 0.29) is 31.0 Å². The van der Waals surface area contributed by atoms with Gasteiger partial charge in [0.15, 0.2) is 11.5 Å². The maximum atomic E-state index is 13.7. The molecule has 10 heteroatoms. The second-order valence-electron chi connectivity index (χ2n) is 8.56. The topological polar surface area (TPSA) is 105 Å². The van der Waals surface area contributed by atoms with Crippen molar-refractivity contribution >= 4 is 27.5 Å². The van der Waals surface area contributed by atoms with E-state index in [2.05, 4.69) is 5.32 Å². The number of ether oxygens (including phenoxy) is 2. The van der Waals surface area contributed by atoms with E-state index in [0.29, 0.717) is 17.9 Å². The Labute approximate surface area is 207 Å². The summed E-state index contributed by atoms with van der Waals surface area (Å²) >= 11 is 0. The Balaban J connectivity index is 1.93. The molecule has 0 aliphatic carbocycles. The van der Waals surface area contributed by atoms with Crippen LogP contribution in [-0.4, -0.2) is 56.8 Å². The van der Waals surface area contributed by atoms with E-state index in [1.54, 1.807) is 12.1 Å². The zero-order chi connectivity index (χ0) is 25.6. The lowest BCUT2D eigenvalue weighted by molar-refractivity contribution is -0.140. The molecule has 0 fully saturated rings. The first-order chi connectivity index (χ1) is 16.6. The van der Waals surface area contributed by atoms with Crippen molar-refractivity contribution in [3.05, 3.63) is 54.1 Å². The maximum Gasteiger partial charge on any atom is 0.244 e. The van der Waals surface area contributed by atoms with Crippen molar-refractivity contribution in [2.75, 3.05) is 23.9 Å². The quantitative estimate of drug-likeness (QED) is 0.506. The van der Waals surface area contributed by atoms with Gasteiger partial charge in [-0.1, -0.05) is 44.2 Å². The number of fused-ring (bicyclic) bond motifs is 1. The number of carbonyl (C=O) groups excluding carboxylic acids is 2.